The maximum atomic E-state index is 8.86. The number of anilines is 2. The third-order valence-electron chi connectivity index (χ3n) is 5.36. The third kappa shape index (κ3) is 7.20. The summed E-state index contributed by atoms with van der Waals surface area (Å²) in [5.41, 5.74) is 0. The Hall–Kier alpha value is -0.335. The van der Waals surface area contributed by atoms with Crippen LogP contribution in [-0.4, -0.2) is 51.6 Å². The molecule has 1 saturated heterocycles. The molecule has 1 aromatic rings. The van der Waals surface area contributed by atoms with Crippen LogP contribution in [0.1, 0.15) is 58.3 Å². The van der Waals surface area contributed by atoms with Crippen molar-refractivity contribution in [3.63, 3.8) is 0 Å². The molecule has 0 radical (unpaired) electrons. The number of rotatable bonds is 7. The van der Waals surface area contributed by atoms with Crippen LogP contribution in [-0.2, 0) is 0 Å². The number of nitrogens with zero attached hydrogens (tertiary/aromatic N) is 6. The van der Waals surface area contributed by atoms with Crippen molar-refractivity contribution in [1.82, 2.24) is 19.9 Å². The zero-order valence-corrected chi connectivity index (χ0v) is 21.5. The summed E-state index contributed by atoms with van der Waals surface area (Å²) in [6, 6.07) is 0.888. The predicted molar refractivity (Wildman–Crippen MR) is 102 cm³/mol. The topological polar surface area (TPSA) is 104 Å². The number of hydrogen-bond acceptors (Lipinski definition) is 7. The maximum absolute atomic E-state index is 8.86. The van der Waals surface area contributed by atoms with Crippen LogP contribution in [0.5, 0.6) is 0 Å². The van der Waals surface area contributed by atoms with Crippen molar-refractivity contribution in [2.75, 3.05) is 30.3 Å². The Morgan fingerprint density at radius 1 is 1.07 bits per heavy atom. The molecule has 9 heteroatoms. The quantitative estimate of drug-likeness (QED) is 0.465. The van der Waals surface area contributed by atoms with Gasteiger partial charge in [-0.1, -0.05) is 32.6 Å². The Bertz CT molecular complexity index is 612. The SMILES string of the molecule is CCN1CCCC1CNc1nc([N-]C#N)nc(NC2CCCCCC2)n1.[Rb+]. The molecule has 8 nitrogen and oxygen atoms in total. The number of aromatic nitrogens is 3. The van der Waals surface area contributed by atoms with E-state index in [9.17, 15) is 0 Å². The van der Waals surface area contributed by atoms with Gasteiger partial charge in [-0.2, -0.15) is 4.98 Å². The van der Waals surface area contributed by atoms with Gasteiger partial charge in [0.1, 0.15) is 0 Å². The molecule has 0 aromatic carbocycles. The predicted octanol–water partition coefficient (Wildman–Crippen LogP) is 0.393. The van der Waals surface area contributed by atoms with Crippen LogP contribution in [0.15, 0.2) is 0 Å². The largest absolute Gasteiger partial charge is 1.00 e. The Morgan fingerprint density at radius 2 is 1.81 bits per heavy atom. The van der Waals surface area contributed by atoms with Crippen LogP contribution >= 0.6 is 0 Å². The molecule has 0 spiro atoms. The van der Waals surface area contributed by atoms with E-state index in [0.717, 1.165) is 32.5 Å². The first-order valence-corrected chi connectivity index (χ1v) is 9.89. The zero-order chi connectivity index (χ0) is 18.2. The standard InChI is InChI=1S/C18H29N8.Rb/c1-2-26-11-7-10-15(26)12-20-16-23-17(21-13-19)25-18(24-16)22-14-8-5-3-4-6-9-14;/h14-15H,2-12H2,1H3,(H2-,20,21,22,23,24,25);/q-1;+1. The van der Waals surface area contributed by atoms with Gasteiger partial charge in [0.15, 0.2) is 11.9 Å². The molecule has 0 bridgehead atoms. The molecule has 2 fully saturated rings. The fourth-order valence-corrected chi connectivity index (χ4v) is 3.96. The average Bonchev–Trinajstić information content (AvgIpc) is 2.95. The van der Waals surface area contributed by atoms with Crippen molar-refractivity contribution in [3.05, 3.63) is 5.32 Å². The summed E-state index contributed by atoms with van der Waals surface area (Å²) < 4.78 is 0. The van der Waals surface area contributed by atoms with E-state index >= 15 is 0 Å². The molecule has 142 valence electrons. The van der Waals surface area contributed by atoms with Crippen LogP contribution in [0.25, 0.3) is 5.32 Å². The minimum atomic E-state index is 0. The number of hydrogen-bond donors (Lipinski definition) is 2. The minimum Gasteiger partial charge on any atom is -0.362 e. The van der Waals surface area contributed by atoms with Gasteiger partial charge in [-0.15, -0.1) is 0 Å². The van der Waals surface area contributed by atoms with Gasteiger partial charge in [-0.25, -0.2) is 0 Å². The van der Waals surface area contributed by atoms with E-state index in [0.29, 0.717) is 24.0 Å². The van der Waals surface area contributed by atoms with Crippen LogP contribution in [0.4, 0.5) is 17.8 Å². The molecular weight excluding hydrogens is 414 g/mol. The van der Waals surface area contributed by atoms with Gasteiger partial charge in [0.25, 0.3) is 0 Å². The summed E-state index contributed by atoms with van der Waals surface area (Å²) >= 11 is 0. The second kappa shape index (κ2) is 12.3. The summed E-state index contributed by atoms with van der Waals surface area (Å²) in [6.45, 7) is 5.21. The van der Waals surface area contributed by atoms with Crippen LogP contribution in [0.3, 0.4) is 0 Å². The molecule has 1 aliphatic carbocycles. The average molecular weight is 443 g/mol. The monoisotopic (exact) mass is 442 g/mol. The van der Waals surface area contributed by atoms with Crippen molar-refractivity contribution >= 4 is 17.8 Å². The van der Waals surface area contributed by atoms with Gasteiger partial charge in [0.2, 0.25) is 0 Å². The summed E-state index contributed by atoms with van der Waals surface area (Å²) in [7, 11) is 0. The molecule has 27 heavy (non-hydrogen) atoms. The van der Waals surface area contributed by atoms with Gasteiger partial charge in [0.05, 0.1) is 12.1 Å². The van der Waals surface area contributed by atoms with Gasteiger partial charge in [0, 0.05) is 18.6 Å². The van der Waals surface area contributed by atoms with Crippen molar-refractivity contribution < 1.29 is 58.2 Å². The van der Waals surface area contributed by atoms with Gasteiger partial charge < -0.3 is 15.9 Å². The Morgan fingerprint density at radius 3 is 2.52 bits per heavy atom. The van der Waals surface area contributed by atoms with Gasteiger partial charge in [-0.05, 0) is 38.8 Å². The summed E-state index contributed by atoms with van der Waals surface area (Å²) in [5.74, 6) is 1.18. The third-order valence-corrected chi connectivity index (χ3v) is 5.36. The van der Waals surface area contributed by atoms with Gasteiger partial charge in [-0.3, -0.25) is 20.2 Å². The van der Waals surface area contributed by atoms with E-state index in [2.05, 4.69) is 42.7 Å². The van der Waals surface area contributed by atoms with Crippen LogP contribution in [0.2, 0.25) is 0 Å². The second-order valence-corrected chi connectivity index (χ2v) is 7.13. The Labute approximate surface area is 211 Å². The van der Waals surface area contributed by atoms with E-state index in [1.165, 1.54) is 38.5 Å². The Kier molecular flexibility index (Phi) is 10.4. The molecule has 2 aliphatic rings. The van der Waals surface area contributed by atoms with Crippen LogP contribution < -0.4 is 68.8 Å². The van der Waals surface area contributed by atoms with E-state index in [4.69, 9.17) is 5.26 Å². The van der Waals surface area contributed by atoms with Crippen molar-refractivity contribution in [1.29, 1.82) is 5.26 Å². The van der Waals surface area contributed by atoms with E-state index in [-0.39, 0.29) is 64.1 Å². The first kappa shape index (κ1) is 22.9. The maximum Gasteiger partial charge on any atom is 1.00 e. The van der Waals surface area contributed by atoms with E-state index in [1.54, 1.807) is 6.19 Å². The smallest absolute Gasteiger partial charge is 0.362 e. The minimum absolute atomic E-state index is 0. The molecule has 2 N–H and O–H groups in total. The van der Waals surface area contributed by atoms with Crippen molar-refractivity contribution in [2.24, 2.45) is 0 Å². The molecule has 1 unspecified atom stereocenters. The number of nitriles is 1. The zero-order valence-electron chi connectivity index (χ0n) is 16.6. The summed E-state index contributed by atoms with van der Waals surface area (Å²) in [5, 5.41) is 19.3. The fourth-order valence-electron chi connectivity index (χ4n) is 3.96. The van der Waals surface area contributed by atoms with Crippen molar-refractivity contribution in [2.45, 2.75) is 70.4 Å². The molecule has 1 saturated carbocycles. The molecule has 1 aliphatic heterocycles. The molecule has 0 amide bonds. The number of nitrogens with one attached hydrogen (secondary N) is 2. The molecule has 1 aromatic heterocycles. The molecule has 1 atom stereocenters. The first-order valence-electron chi connectivity index (χ1n) is 9.89. The van der Waals surface area contributed by atoms with Crippen molar-refractivity contribution in [3.8, 4) is 6.19 Å². The van der Waals surface area contributed by atoms with Gasteiger partial charge >= 0.3 is 58.2 Å². The normalized spacial score (nSPS) is 21.0. The summed E-state index contributed by atoms with van der Waals surface area (Å²) in [4.78, 5) is 15.5. The Balaban J connectivity index is 0.00000261. The number of likely N-dealkylation sites (N-methyl/N-ethyl adjacent to an activating group) is 1. The first-order chi connectivity index (χ1) is 12.8. The molecule has 3 rings (SSSR count). The molecular formula is C18H29N8Rb. The van der Waals surface area contributed by atoms with E-state index < -0.39 is 0 Å². The van der Waals surface area contributed by atoms with E-state index in [1.807, 2.05) is 0 Å². The van der Waals surface area contributed by atoms with Crippen LogP contribution in [0, 0.1) is 11.5 Å². The second-order valence-electron chi connectivity index (χ2n) is 7.13. The molecule has 2 heterocycles. The number of likely N-dealkylation sites (tertiary alicyclic amines) is 1. The fraction of sp³-hybridized carbons (Fsp3) is 0.778. The summed E-state index contributed by atoms with van der Waals surface area (Å²) in [6.07, 6.45) is 11.5.